The zero-order valence-corrected chi connectivity index (χ0v) is 12.0. The largest absolute Gasteiger partial charge is 0.450 e. The van der Waals surface area contributed by atoms with Gasteiger partial charge in [-0.1, -0.05) is 60.2 Å². The molecular weight excluding hydrogens is 276 g/mol. The molecule has 1 N–H and O–H groups in total. The Bertz CT molecular complexity index is 896. The van der Waals surface area contributed by atoms with Crippen LogP contribution in [-0.2, 0) is 5.79 Å². The van der Waals surface area contributed by atoms with Crippen LogP contribution in [0.15, 0.2) is 60.7 Å². The molecule has 0 saturated heterocycles. The summed E-state index contributed by atoms with van der Waals surface area (Å²) in [6, 6.07) is 18.4. The van der Waals surface area contributed by atoms with E-state index in [-0.39, 0.29) is 0 Å². The summed E-state index contributed by atoms with van der Waals surface area (Å²) in [5.74, 6) is -1.94. The first-order chi connectivity index (χ1) is 10.6. The molecular formula is C19H14O3. The van der Waals surface area contributed by atoms with Crippen LogP contribution in [0.1, 0.15) is 21.5 Å². The number of ether oxygens (including phenoxy) is 1. The summed E-state index contributed by atoms with van der Waals surface area (Å²) in [6.45, 7) is 1.95. The topological polar surface area (TPSA) is 46.5 Å². The summed E-state index contributed by atoms with van der Waals surface area (Å²) in [5, 5.41) is 12.6. The van der Waals surface area contributed by atoms with Crippen molar-refractivity contribution in [3.63, 3.8) is 0 Å². The Hall–Kier alpha value is -2.65. The first kappa shape index (κ1) is 13.0. The van der Waals surface area contributed by atoms with Crippen LogP contribution in [0.3, 0.4) is 0 Å². The minimum absolute atomic E-state index is 0.414. The van der Waals surface area contributed by atoms with Gasteiger partial charge >= 0.3 is 0 Å². The van der Waals surface area contributed by atoms with Gasteiger partial charge in [-0.05, 0) is 23.8 Å². The minimum Gasteiger partial charge on any atom is -0.450 e. The number of Topliss-reactive ketones (excluding diaryl/α,β-unsaturated/α-hetero) is 1. The number of hydrogen-bond acceptors (Lipinski definition) is 3. The monoisotopic (exact) mass is 290 g/mol. The molecule has 0 spiro atoms. The molecule has 3 aromatic rings. The van der Waals surface area contributed by atoms with E-state index in [1.54, 1.807) is 18.2 Å². The third-order valence-corrected chi connectivity index (χ3v) is 4.13. The summed E-state index contributed by atoms with van der Waals surface area (Å²) in [7, 11) is 0. The maximum absolute atomic E-state index is 12.8. The quantitative estimate of drug-likeness (QED) is 0.745. The smallest absolute Gasteiger partial charge is 0.300 e. The number of aryl methyl sites for hydroxylation is 1. The highest BCUT2D eigenvalue weighted by molar-refractivity contribution is 6.15. The Morgan fingerprint density at radius 2 is 1.68 bits per heavy atom. The first-order valence-electron chi connectivity index (χ1n) is 7.15. The summed E-state index contributed by atoms with van der Waals surface area (Å²) in [5.41, 5.74) is 1.95. The van der Waals surface area contributed by atoms with Gasteiger partial charge < -0.3 is 9.84 Å². The number of carbonyl (C=O) groups is 1. The molecule has 3 nitrogen and oxygen atoms in total. The van der Waals surface area contributed by atoms with Gasteiger partial charge in [-0.15, -0.1) is 0 Å². The molecule has 0 saturated carbocycles. The van der Waals surface area contributed by atoms with Crippen LogP contribution in [-0.4, -0.2) is 10.9 Å². The van der Waals surface area contributed by atoms with Gasteiger partial charge in [-0.2, -0.15) is 0 Å². The van der Waals surface area contributed by atoms with Crippen molar-refractivity contribution >= 4 is 16.6 Å². The van der Waals surface area contributed by atoms with E-state index in [1.165, 1.54) is 0 Å². The maximum Gasteiger partial charge on any atom is 0.300 e. The fourth-order valence-corrected chi connectivity index (χ4v) is 2.92. The molecule has 0 bridgehead atoms. The molecule has 4 rings (SSSR count). The first-order valence-corrected chi connectivity index (χ1v) is 7.15. The van der Waals surface area contributed by atoms with Crippen molar-refractivity contribution in [2.45, 2.75) is 12.7 Å². The number of benzene rings is 3. The molecule has 3 heteroatoms. The van der Waals surface area contributed by atoms with Crippen LogP contribution in [0.5, 0.6) is 5.75 Å². The third kappa shape index (κ3) is 1.69. The lowest BCUT2D eigenvalue weighted by Crippen LogP contribution is -2.36. The van der Waals surface area contributed by atoms with E-state index in [4.69, 9.17) is 4.74 Å². The second kappa shape index (κ2) is 4.42. The lowest BCUT2D eigenvalue weighted by molar-refractivity contribution is -0.0959. The van der Waals surface area contributed by atoms with Gasteiger partial charge in [0.25, 0.3) is 5.79 Å². The molecule has 108 valence electrons. The van der Waals surface area contributed by atoms with E-state index in [9.17, 15) is 9.90 Å². The number of fused-ring (bicyclic) bond motifs is 3. The van der Waals surface area contributed by atoms with Crippen molar-refractivity contribution in [3.8, 4) is 5.75 Å². The number of carbonyl (C=O) groups excluding carboxylic acids is 1. The van der Waals surface area contributed by atoms with Crippen molar-refractivity contribution in [3.05, 3.63) is 77.4 Å². The Kier molecular flexibility index (Phi) is 2.62. The summed E-state index contributed by atoms with van der Waals surface area (Å²) in [4.78, 5) is 12.8. The van der Waals surface area contributed by atoms with Gasteiger partial charge in [0.05, 0.1) is 5.56 Å². The van der Waals surface area contributed by atoms with Crippen molar-refractivity contribution in [1.82, 2.24) is 0 Å². The lowest BCUT2D eigenvalue weighted by Gasteiger charge is -2.20. The van der Waals surface area contributed by atoms with Crippen molar-refractivity contribution in [2.75, 3.05) is 0 Å². The Morgan fingerprint density at radius 1 is 0.955 bits per heavy atom. The van der Waals surface area contributed by atoms with Crippen LogP contribution in [0.4, 0.5) is 0 Å². The molecule has 1 aliphatic rings. The van der Waals surface area contributed by atoms with E-state index in [0.29, 0.717) is 16.9 Å². The van der Waals surface area contributed by atoms with Crippen LogP contribution in [0.25, 0.3) is 10.8 Å². The zero-order valence-electron chi connectivity index (χ0n) is 12.0. The number of rotatable bonds is 1. The third-order valence-electron chi connectivity index (χ3n) is 4.13. The summed E-state index contributed by atoms with van der Waals surface area (Å²) >= 11 is 0. The SMILES string of the molecule is Cc1ccc(C2(O)Oc3ccc4ccccc4c3C2=O)cc1. The van der Waals surface area contributed by atoms with Crippen molar-refractivity contribution in [1.29, 1.82) is 0 Å². The van der Waals surface area contributed by atoms with Gasteiger partial charge in [0, 0.05) is 5.56 Å². The van der Waals surface area contributed by atoms with Crippen LogP contribution in [0, 0.1) is 6.92 Å². The van der Waals surface area contributed by atoms with Gasteiger partial charge in [0.15, 0.2) is 0 Å². The fourth-order valence-electron chi connectivity index (χ4n) is 2.92. The molecule has 1 aliphatic heterocycles. The van der Waals surface area contributed by atoms with Gasteiger partial charge in [-0.3, -0.25) is 4.79 Å². The van der Waals surface area contributed by atoms with E-state index >= 15 is 0 Å². The maximum atomic E-state index is 12.8. The predicted molar refractivity (Wildman–Crippen MR) is 84.0 cm³/mol. The van der Waals surface area contributed by atoms with Crippen molar-refractivity contribution in [2.24, 2.45) is 0 Å². The average Bonchev–Trinajstić information content (AvgIpc) is 2.81. The molecule has 0 amide bonds. The van der Waals surface area contributed by atoms with E-state index in [2.05, 4.69) is 0 Å². The highest BCUT2D eigenvalue weighted by atomic mass is 16.6. The molecule has 0 radical (unpaired) electrons. The second-order valence-electron chi connectivity index (χ2n) is 5.60. The number of ketones is 1. The van der Waals surface area contributed by atoms with Gasteiger partial charge in [0.2, 0.25) is 5.78 Å². The average molecular weight is 290 g/mol. The van der Waals surface area contributed by atoms with E-state index in [0.717, 1.165) is 16.3 Å². The molecule has 22 heavy (non-hydrogen) atoms. The molecule has 0 aromatic heterocycles. The van der Waals surface area contributed by atoms with Gasteiger partial charge in [0.1, 0.15) is 5.75 Å². The van der Waals surface area contributed by atoms with Crippen LogP contribution in [0.2, 0.25) is 0 Å². The van der Waals surface area contributed by atoms with Crippen molar-refractivity contribution < 1.29 is 14.6 Å². The van der Waals surface area contributed by atoms with E-state index in [1.807, 2.05) is 49.4 Å². The molecule has 0 aliphatic carbocycles. The lowest BCUT2D eigenvalue weighted by atomic mass is 9.94. The molecule has 1 atom stereocenters. The Morgan fingerprint density at radius 3 is 2.45 bits per heavy atom. The summed E-state index contributed by atoms with van der Waals surface area (Å²) in [6.07, 6.45) is 0. The summed E-state index contributed by atoms with van der Waals surface area (Å²) < 4.78 is 5.65. The highest BCUT2D eigenvalue weighted by Gasteiger charge is 2.48. The standard InChI is InChI=1S/C19H14O3/c1-12-6-9-14(10-7-12)19(21)18(20)17-15-5-3-2-4-13(15)8-11-16(17)22-19/h2-11,21H,1H3. The van der Waals surface area contributed by atoms with Crippen LogP contribution >= 0.6 is 0 Å². The number of hydrogen-bond donors (Lipinski definition) is 1. The van der Waals surface area contributed by atoms with Crippen LogP contribution < -0.4 is 4.74 Å². The molecule has 1 unspecified atom stereocenters. The van der Waals surface area contributed by atoms with Gasteiger partial charge in [-0.25, -0.2) is 0 Å². The predicted octanol–water partition coefficient (Wildman–Crippen LogP) is 3.57. The highest BCUT2D eigenvalue weighted by Crippen LogP contribution is 2.42. The molecule has 1 heterocycles. The zero-order chi connectivity index (χ0) is 15.3. The normalized spacial score (nSPS) is 20.0. The van der Waals surface area contributed by atoms with E-state index < -0.39 is 11.6 Å². The molecule has 3 aromatic carbocycles. The minimum atomic E-state index is -1.94. The Balaban J connectivity index is 1.91. The molecule has 0 fully saturated rings. The fraction of sp³-hybridized carbons (Fsp3) is 0.105. The second-order valence-corrected chi connectivity index (χ2v) is 5.60. The number of aliphatic hydroxyl groups is 1. The Labute approximate surface area is 127 Å².